The normalized spacial score (nSPS) is 18.0. The first-order chi connectivity index (χ1) is 11.4. The lowest BCUT2D eigenvalue weighted by molar-refractivity contribution is -0.137. The maximum Gasteiger partial charge on any atom is 0.417 e. The summed E-state index contributed by atoms with van der Waals surface area (Å²) in [7, 11) is 0. The molecule has 1 aliphatic heterocycles. The van der Waals surface area contributed by atoms with E-state index in [-0.39, 0.29) is 17.5 Å². The molecule has 0 aliphatic carbocycles. The van der Waals surface area contributed by atoms with Crippen LogP contribution in [0.2, 0.25) is 0 Å². The maximum atomic E-state index is 13.2. The molecule has 3 rings (SSSR count). The fraction of sp³-hybridized carbons (Fsp3) is 0.278. The molecule has 0 radical (unpaired) electrons. The summed E-state index contributed by atoms with van der Waals surface area (Å²) in [5.74, 6) is -0.200. The van der Waals surface area contributed by atoms with Gasteiger partial charge in [-0.2, -0.15) is 13.2 Å². The zero-order valence-corrected chi connectivity index (χ0v) is 12.9. The molecule has 0 aromatic heterocycles. The van der Waals surface area contributed by atoms with Crippen molar-refractivity contribution in [3.8, 4) is 11.1 Å². The minimum atomic E-state index is -4.45. The maximum absolute atomic E-state index is 13.2. The predicted molar refractivity (Wildman–Crippen MR) is 85.4 cm³/mol. The van der Waals surface area contributed by atoms with Crippen molar-refractivity contribution < 1.29 is 18.0 Å². The number of alkyl halides is 3. The third-order valence-electron chi connectivity index (χ3n) is 4.16. The van der Waals surface area contributed by atoms with Crippen LogP contribution in [0.4, 0.5) is 13.2 Å². The number of likely N-dealkylation sites (tertiary alicyclic amines) is 1. The van der Waals surface area contributed by atoms with E-state index in [2.05, 4.69) is 0 Å². The lowest BCUT2D eigenvalue weighted by Crippen LogP contribution is -2.31. The van der Waals surface area contributed by atoms with Crippen LogP contribution in [-0.4, -0.2) is 29.9 Å². The van der Waals surface area contributed by atoms with Crippen LogP contribution in [0, 0.1) is 0 Å². The number of halogens is 3. The Kier molecular flexibility index (Phi) is 4.32. The molecular formula is C18H17F3N2O. The quantitative estimate of drug-likeness (QED) is 0.913. The van der Waals surface area contributed by atoms with Crippen molar-refractivity contribution in [3.05, 3.63) is 59.7 Å². The average Bonchev–Trinajstić information content (AvgIpc) is 3.00. The van der Waals surface area contributed by atoms with Gasteiger partial charge in [-0.3, -0.25) is 4.79 Å². The average molecular weight is 334 g/mol. The third kappa shape index (κ3) is 3.28. The molecule has 1 unspecified atom stereocenters. The topological polar surface area (TPSA) is 46.3 Å². The number of carbonyl (C=O) groups excluding carboxylic acids is 1. The summed E-state index contributed by atoms with van der Waals surface area (Å²) in [5, 5.41) is 0. The van der Waals surface area contributed by atoms with Crippen molar-refractivity contribution >= 4 is 5.91 Å². The van der Waals surface area contributed by atoms with E-state index in [1.165, 1.54) is 18.2 Å². The molecule has 3 nitrogen and oxygen atoms in total. The molecule has 126 valence electrons. The van der Waals surface area contributed by atoms with Gasteiger partial charge in [-0.05, 0) is 35.7 Å². The highest BCUT2D eigenvalue weighted by Gasteiger charge is 2.33. The number of hydrogen-bond donors (Lipinski definition) is 1. The van der Waals surface area contributed by atoms with Crippen molar-refractivity contribution in [1.29, 1.82) is 0 Å². The van der Waals surface area contributed by atoms with Gasteiger partial charge in [0.25, 0.3) is 5.91 Å². The van der Waals surface area contributed by atoms with Crippen LogP contribution < -0.4 is 5.73 Å². The molecule has 0 saturated carbocycles. The first-order valence-electron chi connectivity index (χ1n) is 7.68. The van der Waals surface area contributed by atoms with Crippen LogP contribution in [0.15, 0.2) is 48.5 Å². The van der Waals surface area contributed by atoms with Crippen LogP contribution in [0.25, 0.3) is 11.1 Å². The first kappa shape index (κ1) is 16.5. The van der Waals surface area contributed by atoms with E-state index in [0.29, 0.717) is 24.2 Å². The van der Waals surface area contributed by atoms with E-state index in [0.717, 1.165) is 12.5 Å². The highest BCUT2D eigenvalue weighted by atomic mass is 19.4. The van der Waals surface area contributed by atoms with Gasteiger partial charge in [-0.25, -0.2) is 0 Å². The van der Waals surface area contributed by atoms with Gasteiger partial charge in [0.2, 0.25) is 0 Å². The van der Waals surface area contributed by atoms with Gasteiger partial charge in [0.1, 0.15) is 0 Å². The summed E-state index contributed by atoms with van der Waals surface area (Å²) in [6.45, 7) is 1.05. The van der Waals surface area contributed by atoms with E-state index in [1.807, 2.05) is 0 Å². The SMILES string of the molecule is NC1CCN(C(=O)c2cccc(-c3ccccc3C(F)(F)F)c2)C1. The summed E-state index contributed by atoms with van der Waals surface area (Å²) < 4.78 is 39.6. The molecule has 1 fully saturated rings. The lowest BCUT2D eigenvalue weighted by atomic mass is 9.97. The summed E-state index contributed by atoms with van der Waals surface area (Å²) in [6, 6.07) is 11.6. The van der Waals surface area contributed by atoms with Gasteiger partial charge in [0, 0.05) is 24.7 Å². The summed E-state index contributed by atoms with van der Waals surface area (Å²) >= 11 is 0. The van der Waals surface area contributed by atoms with Gasteiger partial charge in [0.15, 0.2) is 0 Å². The number of benzene rings is 2. The zero-order valence-electron chi connectivity index (χ0n) is 12.9. The Balaban J connectivity index is 1.96. The molecule has 1 saturated heterocycles. The van der Waals surface area contributed by atoms with Gasteiger partial charge in [-0.15, -0.1) is 0 Å². The third-order valence-corrected chi connectivity index (χ3v) is 4.16. The monoisotopic (exact) mass is 334 g/mol. The fourth-order valence-electron chi connectivity index (χ4n) is 2.96. The second-order valence-electron chi connectivity index (χ2n) is 5.92. The Bertz CT molecular complexity index is 758. The van der Waals surface area contributed by atoms with Gasteiger partial charge in [0.05, 0.1) is 5.56 Å². The van der Waals surface area contributed by atoms with Crippen LogP contribution in [-0.2, 0) is 6.18 Å². The lowest BCUT2D eigenvalue weighted by Gasteiger charge is -2.17. The summed E-state index contributed by atoms with van der Waals surface area (Å²) in [6.07, 6.45) is -3.71. The molecule has 2 aromatic rings. The van der Waals surface area contributed by atoms with Crippen molar-refractivity contribution in [2.45, 2.75) is 18.6 Å². The number of nitrogens with zero attached hydrogens (tertiary/aromatic N) is 1. The number of nitrogens with two attached hydrogens (primary N) is 1. The summed E-state index contributed by atoms with van der Waals surface area (Å²) in [4.78, 5) is 14.1. The second kappa shape index (κ2) is 6.28. The molecule has 1 heterocycles. The molecule has 1 aliphatic rings. The summed E-state index contributed by atoms with van der Waals surface area (Å²) in [5.41, 5.74) is 5.91. The Hall–Kier alpha value is -2.34. The van der Waals surface area contributed by atoms with Crippen LogP contribution >= 0.6 is 0 Å². The number of rotatable bonds is 2. The van der Waals surface area contributed by atoms with E-state index in [9.17, 15) is 18.0 Å². The van der Waals surface area contributed by atoms with E-state index >= 15 is 0 Å². The molecule has 2 N–H and O–H groups in total. The Morgan fingerprint density at radius 3 is 2.54 bits per heavy atom. The Morgan fingerprint density at radius 2 is 1.88 bits per heavy atom. The molecule has 0 spiro atoms. The van der Waals surface area contributed by atoms with Crippen molar-refractivity contribution in [1.82, 2.24) is 4.90 Å². The van der Waals surface area contributed by atoms with Gasteiger partial charge < -0.3 is 10.6 Å². The molecule has 1 atom stereocenters. The van der Waals surface area contributed by atoms with E-state index in [4.69, 9.17) is 5.73 Å². The molecule has 24 heavy (non-hydrogen) atoms. The smallest absolute Gasteiger partial charge is 0.337 e. The molecule has 0 bridgehead atoms. The second-order valence-corrected chi connectivity index (χ2v) is 5.92. The van der Waals surface area contributed by atoms with Crippen molar-refractivity contribution in [2.24, 2.45) is 5.73 Å². The number of carbonyl (C=O) groups is 1. The minimum absolute atomic E-state index is 0.0388. The highest BCUT2D eigenvalue weighted by Crippen LogP contribution is 2.37. The van der Waals surface area contributed by atoms with Gasteiger partial charge in [-0.1, -0.05) is 30.3 Å². The highest BCUT2D eigenvalue weighted by molar-refractivity contribution is 5.95. The van der Waals surface area contributed by atoms with Crippen LogP contribution in [0.5, 0.6) is 0 Å². The molecule has 2 aromatic carbocycles. The first-order valence-corrected chi connectivity index (χ1v) is 7.68. The van der Waals surface area contributed by atoms with E-state index < -0.39 is 11.7 Å². The fourth-order valence-corrected chi connectivity index (χ4v) is 2.96. The van der Waals surface area contributed by atoms with Crippen molar-refractivity contribution in [3.63, 3.8) is 0 Å². The van der Waals surface area contributed by atoms with Crippen molar-refractivity contribution in [2.75, 3.05) is 13.1 Å². The predicted octanol–water partition coefficient (Wildman–Crippen LogP) is 3.55. The van der Waals surface area contributed by atoms with Gasteiger partial charge >= 0.3 is 6.18 Å². The van der Waals surface area contributed by atoms with Crippen LogP contribution in [0.1, 0.15) is 22.3 Å². The van der Waals surface area contributed by atoms with E-state index in [1.54, 1.807) is 29.2 Å². The largest absolute Gasteiger partial charge is 0.417 e. The zero-order chi connectivity index (χ0) is 17.3. The van der Waals surface area contributed by atoms with Crippen LogP contribution in [0.3, 0.4) is 0 Å². The molecule has 1 amide bonds. The Labute approximate surface area is 137 Å². The Morgan fingerprint density at radius 1 is 1.12 bits per heavy atom. The number of amides is 1. The molecular weight excluding hydrogens is 317 g/mol. The standard InChI is InChI=1S/C18H17F3N2O/c19-18(20,21)16-7-2-1-6-15(16)12-4-3-5-13(10-12)17(24)23-9-8-14(22)11-23/h1-7,10,14H,8-9,11,22H2. The molecule has 6 heteroatoms. The minimum Gasteiger partial charge on any atom is -0.337 e. The number of hydrogen-bond acceptors (Lipinski definition) is 2.